The zero-order valence-electron chi connectivity index (χ0n) is 21.1. The molecule has 1 saturated carbocycles. The second-order valence-corrected chi connectivity index (χ2v) is 11.8. The molecule has 0 atom stereocenters. The van der Waals surface area contributed by atoms with Gasteiger partial charge in [0.2, 0.25) is 10.0 Å². The molecular formula is C27H31N5O4S. The summed E-state index contributed by atoms with van der Waals surface area (Å²) in [4.78, 5) is 4.68. The van der Waals surface area contributed by atoms with E-state index < -0.39 is 10.0 Å². The first-order chi connectivity index (χ1) is 17.7. The lowest BCUT2D eigenvalue weighted by Gasteiger charge is -2.27. The molecule has 194 valence electrons. The minimum Gasteiger partial charge on any atom is -0.488 e. The summed E-state index contributed by atoms with van der Waals surface area (Å²) in [6.45, 7) is 1.96. The molecule has 0 amide bonds. The normalized spacial score (nSPS) is 18.3. The van der Waals surface area contributed by atoms with Crippen molar-refractivity contribution in [3.63, 3.8) is 0 Å². The molecular weight excluding hydrogens is 490 g/mol. The molecule has 2 N–H and O–H groups in total. The van der Waals surface area contributed by atoms with Gasteiger partial charge in [-0.2, -0.15) is 5.10 Å². The van der Waals surface area contributed by atoms with Gasteiger partial charge >= 0.3 is 0 Å². The van der Waals surface area contributed by atoms with E-state index in [2.05, 4.69) is 21.5 Å². The van der Waals surface area contributed by atoms with Crippen LogP contribution in [0.25, 0.3) is 16.6 Å². The van der Waals surface area contributed by atoms with Gasteiger partial charge in [-0.15, -0.1) is 0 Å². The van der Waals surface area contributed by atoms with Crippen LogP contribution >= 0.6 is 0 Å². The topological polar surface area (TPSA) is 109 Å². The molecule has 0 radical (unpaired) electrons. The van der Waals surface area contributed by atoms with Crippen LogP contribution in [0.2, 0.25) is 0 Å². The molecule has 1 aliphatic carbocycles. The Labute approximate surface area is 216 Å². The highest BCUT2D eigenvalue weighted by Crippen LogP contribution is 2.34. The van der Waals surface area contributed by atoms with Crippen molar-refractivity contribution in [3.8, 4) is 16.9 Å². The first-order valence-corrected chi connectivity index (χ1v) is 13.7. The number of aliphatic hydroxyl groups excluding tert-OH is 1. The zero-order chi connectivity index (χ0) is 26.2. The third-order valence-corrected chi connectivity index (χ3v) is 8.45. The maximum atomic E-state index is 12.3. The summed E-state index contributed by atoms with van der Waals surface area (Å²) in [7, 11) is -0.457. The average molecular weight is 522 g/mol. The Morgan fingerprint density at radius 2 is 1.78 bits per heavy atom. The number of nitrogens with zero attached hydrogens (tertiary/aromatic N) is 4. The van der Waals surface area contributed by atoms with Crippen LogP contribution in [0.5, 0.6) is 5.75 Å². The van der Waals surface area contributed by atoms with Crippen LogP contribution in [0, 0.1) is 6.92 Å². The minimum absolute atomic E-state index is 0.0697. The highest BCUT2D eigenvalue weighted by Gasteiger charge is 2.22. The number of hydrogen-bond acceptors (Lipinski definition) is 7. The molecule has 0 bridgehead atoms. The molecule has 1 aromatic carbocycles. The van der Waals surface area contributed by atoms with Gasteiger partial charge in [0.25, 0.3) is 0 Å². The fourth-order valence-corrected chi connectivity index (χ4v) is 5.40. The van der Waals surface area contributed by atoms with Crippen LogP contribution in [0.15, 0.2) is 65.8 Å². The van der Waals surface area contributed by atoms with E-state index in [0.717, 1.165) is 59.5 Å². The number of sulfonamides is 1. The molecule has 1 fully saturated rings. The van der Waals surface area contributed by atoms with E-state index in [0.29, 0.717) is 5.82 Å². The Morgan fingerprint density at radius 1 is 1.05 bits per heavy atom. The number of benzene rings is 1. The number of anilines is 2. The van der Waals surface area contributed by atoms with Crippen LogP contribution in [-0.4, -0.2) is 58.7 Å². The second kappa shape index (κ2) is 10.1. The van der Waals surface area contributed by atoms with Gasteiger partial charge in [-0.1, -0.05) is 0 Å². The number of aromatic nitrogens is 3. The van der Waals surface area contributed by atoms with Crippen LogP contribution in [0.1, 0.15) is 31.4 Å². The van der Waals surface area contributed by atoms with Gasteiger partial charge in [0.1, 0.15) is 5.75 Å². The zero-order valence-corrected chi connectivity index (χ0v) is 21.9. The Bertz CT molecular complexity index is 1510. The highest BCUT2D eigenvalue weighted by atomic mass is 32.2. The van der Waals surface area contributed by atoms with Gasteiger partial charge in [-0.25, -0.2) is 17.2 Å². The molecule has 1 aliphatic rings. The van der Waals surface area contributed by atoms with E-state index in [1.54, 1.807) is 35.0 Å². The summed E-state index contributed by atoms with van der Waals surface area (Å²) >= 11 is 0. The summed E-state index contributed by atoms with van der Waals surface area (Å²) in [5.41, 5.74) is 4.49. The van der Waals surface area contributed by atoms with Gasteiger partial charge < -0.3 is 15.2 Å². The third-order valence-electron chi connectivity index (χ3n) is 6.62. The van der Waals surface area contributed by atoms with Crippen molar-refractivity contribution in [1.82, 2.24) is 18.9 Å². The van der Waals surface area contributed by atoms with Crippen molar-refractivity contribution in [2.24, 2.45) is 0 Å². The smallest absolute Gasteiger partial charge is 0.242 e. The number of rotatable bonds is 7. The summed E-state index contributed by atoms with van der Waals surface area (Å²) in [6.07, 6.45) is 6.69. The predicted octanol–water partition coefficient (Wildman–Crippen LogP) is 4.38. The lowest BCUT2D eigenvalue weighted by molar-refractivity contribution is 0.0667. The molecule has 3 heterocycles. The van der Waals surface area contributed by atoms with Gasteiger partial charge in [-0.05, 0) is 80.6 Å². The molecule has 0 unspecified atom stereocenters. The fourth-order valence-electron chi connectivity index (χ4n) is 4.50. The Balaban J connectivity index is 1.38. The number of aryl methyl sites for hydroxylation is 1. The maximum Gasteiger partial charge on any atom is 0.242 e. The number of aliphatic hydroxyl groups is 1. The average Bonchev–Trinajstić information content (AvgIpc) is 3.28. The standard InChI is InChI=1S/C27H31N5O4S/c1-18-14-25(26(17-28-18)36-23-8-6-22(33)7-9-23)19-12-13-32-21(15-19)16-27(30-32)29-20-4-10-24(11-5-20)37(34,35)31(2)3/h4-5,10-17,22-23,33H,6-9H2,1-3H3,(H,29,30). The van der Waals surface area contributed by atoms with Gasteiger partial charge in [0, 0.05) is 43.3 Å². The third kappa shape index (κ3) is 5.46. The van der Waals surface area contributed by atoms with E-state index in [1.165, 1.54) is 18.4 Å². The lowest BCUT2D eigenvalue weighted by atomic mass is 9.95. The van der Waals surface area contributed by atoms with Gasteiger partial charge in [0.15, 0.2) is 5.82 Å². The SMILES string of the molecule is Cc1cc(-c2ccn3nc(Nc4ccc(S(=O)(=O)N(C)C)cc4)cc3c2)c(OC2CCC(O)CC2)cn1. The van der Waals surface area contributed by atoms with Gasteiger partial charge in [0.05, 0.1) is 28.8 Å². The first-order valence-electron chi connectivity index (χ1n) is 12.3. The van der Waals surface area contributed by atoms with E-state index >= 15 is 0 Å². The van der Waals surface area contributed by atoms with Crippen LogP contribution in [0.3, 0.4) is 0 Å². The number of pyridine rings is 2. The van der Waals surface area contributed by atoms with Crippen molar-refractivity contribution in [2.75, 3.05) is 19.4 Å². The molecule has 0 saturated heterocycles. The van der Waals surface area contributed by atoms with E-state index in [4.69, 9.17) is 4.74 Å². The number of hydrogen-bond donors (Lipinski definition) is 2. The summed E-state index contributed by atoms with van der Waals surface area (Å²) < 4.78 is 33.9. The molecule has 0 aliphatic heterocycles. The Morgan fingerprint density at radius 3 is 2.49 bits per heavy atom. The van der Waals surface area contributed by atoms with Crippen molar-refractivity contribution in [3.05, 3.63) is 66.6 Å². The molecule has 3 aromatic heterocycles. The number of fused-ring (bicyclic) bond motifs is 1. The van der Waals surface area contributed by atoms with Crippen molar-refractivity contribution >= 4 is 27.0 Å². The Hall–Kier alpha value is -3.47. The number of ether oxygens (including phenoxy) is 1. The molecule has 0 spiro atoms. The lowest BCUT2D eigenvalue weighted by Crippen LogP contribution is -2.26. The summed E-state index contributed by atoms with van der Waals surface area (Å²) in [5, 5.41) is 17.7. The fraction of sp³-hybridized carbons (Fsp3) is 0.333. The predicted molar refractivity (Wildman–Crippen MR) is 143 cm³/mol. The van der Waals surface area contributed by atoms with Crippen molar-refractivity contribution < 1.29 is 18.3 Å². The molecule has 9 nitrogen and oxygen atoms in total. The van der Waals surface area contributed by atoms with E-state index in [1.807, 2.05) is 31.3 Å². The van der Waals surface area contributed by atoms with Crippen LogP contribution < -0.4 is 10.1 Å². The van der Waals surface area contributed by atoms with E-state index in [-0.39, 0.29) is 17.1 Å². The Kier molecular flexibility index (Phi) is 6.89. The molecule has 10 heteroatoms. The highest BCUT2D eigenvalue weighted by molar-refractivity contribution is 7.89. The summed E-state index contributed by atoms with van der Waals surface area (Å²) in [5.74, 6) is 1.38. The van der Waals surface area contributed by atoms with Crippen molar-refractivity contribution in [2.45, 2.75) is 49.7 Å². The molecule has 5 rings (SSSR count). The van der Waals surface area contributed by atoms with Crippen molar-refractivity contribution in [1.29, 1.82) is 0 Å². The van der Waals surface area contributed by atoms with Crippen LogP contribution in [-0.2, 0) is 10.0 Å². The molecule has 4 aromatic rings. The number of nitrogens with one attached hydrogen (secondary N) is 1. The van der Waals surface area contributed by atoms with E-state index in [9.17, 15) is 13.5 Å². The largest absolute Gasteiger partial charge is 0.488 e. The van der Waals surface area contributed by atoms with Crippen LogP contribution in [0.4, 0.5) is 11.5 Å². The quantitative estimate of drug-likeness (QED) is 0.371. The monoisotopic (exact) mass is 521 g/mol. The van der Waals surface area contributed by atoms with Gasteiger partial charge in [-0.3, -0.25) is 4.98 Å². The second-order valence-electron chi connectivity index (χ2n) is 9.62. The first kappa shape index (κ1) is 25.2. The molecule has 37 heavy (non-hydrogen) atoms. The minimum atomic E-state index is -3.48. The maximum absolute atomic E-state index is 12.3. The summed E-state index contributed by atoms with van der Waals surface area (Å²) in [6, 6.07) is 14.6.